The molecule has 1 atom stereocenters. The molecular formula is C13H19NO. The molecule has 0 fully saturated rings. The first-order valence-corrected chi connectivity index (χ1v) is 5.52. The third-order valence-electron chi connectivity index (χ3n) is 2.93. The van der Waals surface area contributed by atoms with Gasteiger partial charge in [0.15, 0.2) is 0 Å². The fraction of sp³-hybridized carbons (Fsp3) is 0.538. The Labute approximate surface area is 91.4 Å². The van der Waals surface area contributed by atoms with Crippen LogP contribution in [0.1, 0.15) is 44.4 Å². The van der Waals surface area contributed by atoms with Crippen molar-refractivity contribution in [1.29, 1.82) is 0 Å². The van der Waals surface area contributed by atoms with Gasteiger partial charge in [-0.15, -0.1) is 0 Å². The molecule has 0 spiro atoms. The first-order valence-electron chi connectivity index (χ1n) is 5.52. The van der Waals surface area contributed by atoms with Crippen molar-refractivity contribution < 1.29 is 4.74 Å². The van der Waals surface area contributed by atoms with Crippen LogP contribution in [0.5, 0.6) is 5.75 Å². The van der Waals surface area contributed by atoms with Gasteiger partial charge in [0.25, 0.3) is 0 Å². The summed E-state index contributed by atoms with van der Waals surface area (Å²) in [6.45, 7) is 7.34. The molecule has 0 saturated carbocycles. The van der Waals surface area contributed by atoms with Crippen LogP contribution in [0.3, 0.4) is 0 Å². The Morgan fingerprint density at radius 1 is 1.33 bits per heavy atom. The van der Waals surface area contributed by atoms with E-state index in [0.717, 1.165) is 24.3 Å². The molecule has 0 amide bonds. The molecule has 0 saturated heterocycles. The number of ether oxygens (including phenoxy) is 1. The van der Waals surface area contributed by atoms with Crippen molar-refractivity contribution in [2.24, 2.45) is 5.73 Å². The minimum absolute atomic E-state index is 0.113. The summed E-state index contributed by atoms with van der Waals surface area (Å²) < 4.78 is 5.77. The van der Waals surface area contributed by atoms with Gasteiger partial charge in [-0.1, -0.05) is 39.0 Å². The highest BCUT2D eigenvalue weighted by atomic mass is 16.5. The summed E-state index contributed by atoms with van der Waals surface area (Å²) in [5, 5.41) is 0. The van der Waals surface area contributed by atoms with Gasteiger partial charge in [0, 0.05) is 18.0 Å². The smallest absolute Gasteiger partial charge is 0.127 e. The molecule has 0 unspecified atom stereocenters. The lowest BCUT2D eigenvalue weighted by molar-refractivity contribution is 0.262. The Morgan fingerprint density at radius 3 is 2.73 bits per heavy atom. The number of hydrogen-bond acceptors (Lipinski definition) is 2. The first-order chi connectivity index (χ1) is 7.00. The molecule has 0 aliphatic carbocycles. The summed E-state index contributed by atoms with van der Waals surface area (Å²) in [7, 11) is 0. The number of para-hydroxylation sites is 1. The van der Waals surface area contributed by atoms with Crippen LogP contribution in [0, 0.1) is 0 Å². The van der Waals surface area contributed by atoms with Crippen LogP contribution in [0.15, 0.2) is 18.2 Å². The van der Waals surface area contributed by atoms with E-state index in [0.29, 0.717) is 0 Å². The van der Waals surface area contributed by atoms with Crippen molar-refractivity contribution in [3.8, 4) is 5.75 Å². The second-order valence-corrected chi connectivity index (χ2v) is 5.22. The molecule has 0 bridgehead atoms. The van der Waals surface area contributed by atoms with Crippen molar-refractivity contribution in [3.63, 3.8) is 0 Å². The maximum Gasteiger partial charge on any atom is 0.127 e. The van der Waals surface area contributed by atoms with E-state index in [1.807, 2.05) is 0 Å². The Bertz CT molecular complexity index is 365. The lowest BCUT2D eigenvalue weighted by Crippen LogP contribution is -2.24. The SMILES string of the molecule is CC(C)(C)c1cccc2c1OCC[C@@H]2N. The van der Waals surface area contributed by atoms with Gasteiger partial charge in [0.05, 0.1) is 6.61 Å². The number of benzene rings is 1. The summed E-state index contributed by atoms with van der Waals surface area (Å²) in [4.78, 5) is 0. The largest absolute Gasteiger partial charge is 0.493 e. The number of fused-ring (bicyclic) bond motifs is 1. The van der Waals surface area contributed by atoms with Crippen molar-refractivity contribution in [2.75, 3.05) is 6.61 Å². The minimum Gasteiger partial charge on any atom is -0.493 e. The van der Waals surface area contributed by atoms with Crippen molar-refractivity contribution in [2.45, 2.75) is 38.6 Å². The first kappa shape index (κ1) is 10.5. The fourth-order valence-electron chi connectivity index (χ4n) is 2.04. The molecule has 2 heteroatoms. The van der Waals surface area contributed by atoms with Crippen molar-refractivity contribution in [1.82, 2.24) is 0 Å². The van der Waals surface area contributed by atoms with Gasteiger partial charge < -0.3 is 10.5 Å². The molecule has 1 heterocycles. The van der Waals surface area contributed by atoms with Gasteiger partial charge in [-0.25, -0.2) is 0 Å². The van der Waals surface area contributed by atoms with E-state index < -0.39 is 0 Å². The summed E-state index contributed by atoms with van der Waals surface area (Å²) in [6, 6.07) is 6.43. The molecule has 1 aromatic rings. The maximum atomic E-state index is 6.08. The van der Waals surface area contributed by atoms with Crippen LogP contribution in [0.25, 0.3) is 0 Å². The zero-order chi connectivity index (χ0) is 11.1. The molecular weight excluding hydrogens is 186 g/mol. The minimum atomic E-state index is 0.113. The van der Waals surface area contributed by atoms with Crippen LogP contribution < -0.4 is 10.5 Å². The summed E-state index contributed by atoms with van der Waals surface area (Å²) in [6.07, 6.45) is 0.917. The van der Waals surface area contributed by atoms with E-state index in [9.17, 15) is 0 Å². The maximum absolute atomic E-state index is 6.08. The second-order valence-electron chi connectivity index (χ2n) is 5.22. The molecule has 1 aliphatic rings. The number of nitrogens with two attached hydrogens (primary N) is 1. The predicted octanol–water partition coefficient (Wildman–Crippen LogP) is 2.77. The molecule has 1 aromatic carbocycles. The molecule has 15 heavy (non-hydrogen) atoms. The Morgan fingerprint density at radius 2 is 2.07 bits per heavy atom. The standard InChI is InChI=1S/C13H19NO/c1-13(2,3)10-6-4-5-9-11(14)7-8-15-12(9)10/h4-6,11H,7-8,14H2,1-3H3/t11-/m0/s1. The Hall–Kier alpha value is -1.02. The lowest BCUT2D eigenvalue weighted by atomic mass is 9.83. The zero-order valence-corrected chi connectivity index (χ0v) is 9.71. The van der Waals surface area contributed by atoms with E-state index in [4.69, 9.17) is 10.5 Å². The Balaban J connectivity index is 2.54. The quantitative estimate of drug-likeness (QED) is 0.707. The highest BCUT2D eigenvalue weighted by Gasteiger charge is 2.25. The van der Waals surface area contributed by atoms with Crippen LogP contribution >= 0.6 is 0 Å². The summed E-state index contributed by atoms with van der Waals surface area (Å²) >= 11 is 0. The van der Waals surface area contributed by atoms with Gasteiger partial charge in [-0.3, -0.25) is 0 Å². The Kier molecular flexibility index (Phi) is 2.47. The molecule has 0 radical (unpaired) electrons. The molecule has 0 aromatic heterocycles. The molecule has 2 N–H and O–H groups in total. The van der Waals surface area contributed by atoms with Crippen LogP contribution in [-0.4, -0.2) is 6.61 Å². The monoisotopic (exact) mass is 205 g/mol. The number of hydrogen-bond donors (Lipinski definition) is 1. The van der Waals surface area contributed by atoms with Crippen LogP contribution in [0.4, 0.5) is 0 Å². The van der Waals surface area contributed by atoms with Crippen LogP contribution in [-0.2, 0) is 5.41 Å². The van der Waals surface area contributed by atoms with E-state index in [1.165, 1.54) is 5.56 Å². The van der Waals surface area contributed by atoms with E-state index in [1.54, 1.807) is 0 Å². The highest BCUT2D eigenvalue weighted by Crippen LogP contribution is 2.39. The van der Waals surface area contributed by atoms with Crippen molar-refractivity contribution in [3.05, 3.63) is 29.3 Å². The van der Waals surface area contributed by atoms with Gasteiger partial charge in [0.2, 0.25) is 0 Å². The average molecular weight is 205 g/mol. The van der Waals surface area contributed by atoms with E-state index >= 15 is 0 Å². The van der Waals surface area contributed by atoms with Gasteiger partial charge in [-0.05, 0) is 11.0 Å². The molecule has 2 nitrogen and oxygen atoms in total. The van der Waals surface area contributed by atoms with Crippen LogP contribution in [0.2, 0.25) is 0 Å². The molecule has 2 rings (SSSR count). The molecule has 82 valence electrons. The lowest BCUT2D eigenvalue weighted by Gasteiger charge is -2.29. The fourth-order valence-corrected chi connectivity index (χ4v) is 2.04. The van der Waals surface area contributed by atoms with Gasteiger partial charge in [0.1, 0.15) is 5.75 Å². The summed E-state index contributed by atoms with van der Waals surface area (Å²) in [5.41, 5.74) is 8.61. The van der Waals surface area contributed by atoms with Gasteiger partial charge >= 0.3 is 0 Å². The summed E-state index contributed by atoms with van der Waals surface area (Å²) in [5.74, 6) is 1.02. The normalized spacial score (nSPS) is 20.7. The average Bonchev–Trinajstić information content (AvgIpc) is 2.16. The molecule has 1 aliphatic heterocycles. The second kappa shape index (κ2) is 3.53. The van der Waals surface area contributed by atoms with Gasteiger partial charge in [-0.2, -0.15) is 0 Å². The van der Waals surface area contributed by atoms with E-state index in [-0.39, 0.29) is 11.5 Å². The topological polar surface area (TPSA) is 35.2 Å². The van der Waals surface area contributed by atoms with Crippen molar-refractivity contribution >= 4 is 0 Å². The number of rotatable bonds is 0. The van der Waals surface area contributed by atoms with E-state index in [2.05, 4.69) is 39.0 Å². The zero-order valence-electron chi connectivity index (χ0n) is 9.71. The third kappa shape index (κ3) is 1.86. The highest BCUT2D eigenvalue weighted by molar-refractivity contribution is 5.47. The third-order valence-corrected chi connectivity index (χ3v) is 2.93. The predicted molar refractivity (Wildman–Crippen MR) is 62.2 cm³/mol.